The van der Waals surface area contributed by atoms with Gasteiger partial charge in [0.25, 0.3) is 0 Å². The molecular formula is C18H15Cl2N3O2. The first-order valence-corrected chi connectivity index (χ1v) is 8.71. The Morgan fingerprint density at radius 1 is 1.24 bits per heavy atom. The normalized spacial score (nSPS) is 14.0. The number of nitrogens with zero attached hydrogens (tertiary/aromatic N) is 2. The van der Waals surface area contributed by atoms with E-state index in [0.29, 0.717) is 27.7 Å². The number of hydrogen-bond acceptors (Lipinski definition) is 3. The highest BCUT2D eigenvalue weighted by Gasteiger charge is 2.29. The van der Waals surface area contributed by atoms with Crippen LogP contribution in [0.25, 0.3) is 10.9 Å². The summed E-state index contributed by atoms with van der Waals surface area (Å²) in [4.78, 5) is 11.9. The second-order valence-corrected chi connectivity index (χ2v) is 7.06. The standard InChI is InChI=1S/C18H15Cl2N3O2/c19-12-4-3-11(15(20)7-12)9-23-16-6-5-13(8-14(16)18(25)22-23)21-17(24)10-1-2-10/h3-8,10H,1-2,9H2,(H,21,24)(H,22,25). The number of carbonyl (C=O) groups is 1. The van der Waals surface area contributed by atoms with Crippen LogP contribution in [0.2, 0.25) is 10.0 Å². The number of anilines is 1. The fourth-order valence-corrected chi connectivity index (χ4v) is 3.23. The largest absolute Gasteiger partial charge is 0.492 e. The Bertz CT molecular complexity index is 980. The molecule has 25 heavy (non-hydrogen) atoms. The third-order valence-corrected chi connectivity index (χ3v) is 4.87. The summed E-state index contributed by atoms with van der Waals surface area (Å²) in [5.41, 5.74) is 2.26. The monoisotopic (exact) mass is 375 g/mol. The molecule has 0 aliphatic heterocycles. The average Bonchev–Trinajstić information content (AvgIpc) is 3.37. The highest BCUT2D eigenvalue weighted by Crippen LogP contribution is 2.32. The van der Waals surface area contributed by atoms with Crippen LogP contribution in [0.5, 0.6) is 5.88 Å². The number of nitrogens with one attached hydrogen (secondary N) is 1. The maximum absolute atomic E-state index is 11.9. The second kappa shape index (κ2) is 6.24. The Morgan fingerprint density at radius 3 is 2.76 bits per heavy atom. The van der Waals surface area contributed by atoms with Crippen LogP contribution in [-0.2, 0) is 11.3 Å². The fraction of sp³-hybridized carbons (Fsp3) is 0.222. The first-order chi connectivity index (χ1) is 12.0. The van der Waals surface area contributed by atoms with Crippen molar-refractivity contribution in [3.63, 3.8) is 0 Å². The van der Waals surface area contributed by atoms with E-state index in [1.54, 1.807) is 22.9 Å². The van der Waals surface area contributed by atoms with E-state index in [1.165, 1.54) is 0 Å². The highest BCUT2D eigenvalue weighted by molar-refractivity contribution is 6.35. The van der Waals surface area contributed by atoms with Gasteiger partial charge in [-0.25, -0.2) is 0 Å². The number of carbonyl (C=O) groups excluding carboxylic acids is 1. The van der Waals surface area contributed by atoms with Crippen LogP contribution < -0.4 is 5.32 Å². The van der Waals surface area contributed by atoms with Gasteiger partial charge in [0.2, 0.25) is 11.8 Å². The average molecular weight is 376 g/mol. The first kappa shape index (κ1) is 16.2. The van der Waals surface area contributed by atoms with Gasteiger partial charge in [0.15, 0.2) is 0 Å². The molecule has 0 atom stereocenters. The predicted octanol–water partition coefficient (Wildman–Crippen LogP) is 4.45. The first-order valence-electron chi connectivity index (χ1n) is 7.95. The van der Waals surface area contributed by atoms with Gasteiger partial charge in [-0.2, -0.15) is 0 Å². The van der Waals surface area contributed by atoms with Gasteiger partial charge >= 0.3 is 0 Å². The van der Waals surface area contributed by atoms with Crippen LogP contribution >= 0.6 is 23.2 Å². The molecule has 2 N–H and O–H groups in total. The number of hydrogen-bond donors (Lipinski definition) is 2. The summed E-state index contributed by atoms with van der Waals surface area (Å²) < 4.78 is 1.67. The topological polar surface area (TPSA) is 67.2 Å². The van der Waals surface area contributed by atoms with Gasteiger partial charge in [0.1, 0.15) is 0 Å². The third-order valence-electron chi connectivity index (χ3n) is 4.28. The van der Waals surface area contributed by atoms with Crippen molar-refractivity contribution in [2.24, 2.45) is 5.92 Å². The predicted molar refractivity (Wildman–Crippen MR) is 98.3 cm³/mol. The molecule has 1 aliphatic carbocycles. The van der Waals surface area contributed by atoms with Crippen LogP contribution in [0.1, 0.15) is 18.4 Å². The fourth-order valence-electron chi connectivity index (χ4n) is 2.76. The van der Waals surface area contributed by atoms with E-state index in [0.717, 1.165) is 23.9 Å². The summed E-state index contributed by atoms with van der Waals surface area (Å²) in [6.07, 6.45) is 1.89. The van der Waals surface area contributed by atoms with Gasteiger partial charge < -0.3 is 10.4 Å². The van der Waals surface area contributed by atoms with E-state index in [-0.39, 0.29) is 17.7 Å². The molecule has 0 saturated heterocycles. The van der Waals surface area contributed by atoms with Crippen molar-refractivity contribution >= 4 is 45.7 Å². The number of aromatic nitrogens is 2. The summed E-state index contributed by atoms with van der Waals surface area (Å²) in [5, 5.41) is 18.9. The Kier molecular flexibility index (Phi) is 4.06. The maximum atomic E-state index is 11.9. The lowest BCUT2D eigenvalue weighted by atomic mass is 10.2. The van der Waals surface area contributed by atoms with Crippen molar-refractivity contribution in [3.8, 4) is 5.88 Å². The molecule has 4 rings (SSSR count). The van der Waals surface area contributed by atoms with Crippen molar-refractivity contribution in [3.05, 3.63) is 52.0 Å². The molecule has 2 aromatic carbocycles. The zero-order chi connectivity index (χ0) is 17.6. The number of aromatic hydroxyl groups is 1. The third kappa shape index (κ3) is 3.30. The van der Waals surface area contributed by atoms with Crippen LogP contribution in [0.4, 0.5) is 5.69 Å². The zero-order valence-electron chi connectivity index (χ0n) is 13.2. The van der Waals surface area contributed by atoms with Crippen molar-refractivity contribution in [2.75, 3.05) is 5.32 Å². The lowest BCUT2D eigenvalue weighted by Crippen LogP contribution is -2.13. The molecule has 0 radical (unpaired) electrons. The molecule has 7 heteroatoms. The van der Waals surface area contributed by atoms with Crippen molar-refractivity contribution in [2.45, 2.75) is 19.4 Å². The molecule has 0 unspecified atom stereocenters. The summed E-state index contributed by atoms with van der Waals surface area (Å²) >= 11 is 12.1. The molecule has 1 fully saturated rings. The molecule has 0 bridgehead atoms. The summed E-state index contributed by atoms with van der Waals surface area (Å²) in [7, 11) is 0. The Morgan fingerprint density at radius 2 is 2.04 bits per heavy atom. The van der Waals surface area contributed by atoms with E-state index >= 15 is 0 Å². The lowest BCUT2D eigenvalue weighted by Gasteiger charge is -2.07. The van der Waals surface area contributed by atoms with Gasteiger partial charge in [-0.15, -0.1) is 5.10 Å². The number of fused-ring (bicyclic) bond motifs is 1. The van der Waals surface area contributed by atoms with E-state index < -0.39 is 0 Å². The van der Waals surface area contributed by atoms with Gasteiger partial charge in [-0.3, -0.25) is 9.48 Å². The van der Waals surface area contributed by atoms with Crippen LogP contribution in [0.3, 0.4) is 0 Å². The van der Waals surface area contributed by atoms with Gasteiger partial charge in [-0.1, -0.05) is 29.3 Å². The number of benzene rings is 2. The molecule has 128 valence electrons. The van der Waals surface area contributed by atoms with Gasteiger partial charge in [0, 0.05) is 21.7 Å². The van der Waals surface area contributed by atoms with E-state index in [1.807, 2.05) is 18.2 Å². The molecule has 1 amide bonds. The Balaban J connectivity index is 1.64. The number of rotatable bonds is 4. The molecule has 1 saturated carbocycles. The second-order valence-electron chi connectivity index (χ2n) is 6.21. The molecule has 3 aromatic rings. The highest BCUT2D eigenvalue weighted by atomic mass is 35.5. The van der Waals surface area contributed by atoms with E-state index in [2.05, 4.69) is 10.4 Å². The zero-order valence-corrected chi connectivity index (χ0v) is 14.7. The van der Waals surface area contributed by atoms with Crippen molar-refractivity contribution < 1.29 is 9.90 Å². The van der Waals surface area contributed by atoms with Gasteiger partial charge in [0.05, 0.1) is 17.4 Å². The maximum Gasteiger partial charge on any atom is 0.238 e. The van der Waals surface area contributed by atoms with E-state index in [4.69, 9.17) is 23.2 Å². The number of halogens is 2. The molecule has 1 heterocycles. The smallest absolute Gasteiger partial charge is 0.238 e. The van der Waals surface area contributed by atoms with Crippen LogP contribution in [-0.4, -0.2) is 20.8 Å². The molecule has 1 aromatic heterocycles. The molecule has 1 aliphatic rings. The minimum atomic E-state index is -0.0809. The minimum Gasteiger partial charge on any atom is -0.492 e. The number of amides is 1. The van der Waals surface area contributed by atoms with E-state index in [9.17, 15) is 9.90 Å². The van der Waals surface area contributed by atoms with Crippen molar-refractivity contribution in [1.82, 2.24) is 9.78 Å². The Labute approximate surface area is 154 Å². The van der Waals surface area contributed by atoms with Crippen LogP contribution in [0.15, 0.2) is 36.4 Å². The minimum absolute atomic E-state index is 0.0270. The molecule has 5 nitrogen and oxygen atoms in total. The lowest BCUT2D eigenvalue weighted by molar-refractivity contribution is -0.117. The van der Waals surface area contributed by atoms with Crippen molar-refractivity contribution in [1.29, 1.82) is 0 Å². The summed E-state index contributed by atoms with van der Waals surface area (Å²) in [6.45, 7) is 0.404. The van der Waals surface area contributed by atoms with Gasteiger partial charge in [-0.05, 0) is 48.7 Å². The summed E-state index contributed by atoms with van der Waals surface area (Å²) in [6, 6.07) is 10.6. The van der Waals surface area contributed by atoms with Crippen LogP contribution in [0, 0.1) is 5.92 Å². The molecular weight excluding hydrogens is 361 g/mol. The summed E-state index contributed by atoms with van der Waals surface area (Å²) in [5.74, 6) is 0.0702. The quantitative estimate of drug-likeness (QED) is 0.707. The Hall–Kier alpha value is -2.24. The SMILES string of the molecule is O=C(Nc1ccc2c(c1)c(O)nn2Cc1ccc(Cl)cc1Cl)C1CC1. The molecule has 0 spiro atoms.